The third kappa shape index (κ3) is 6.94. The molecule has 0 fully saturated rings. The predicted octanol–water partition coefficient (Wildman–Crippen LogP) is 7.22. The maximum atomic E-state index is 12.1. The molecule has 0 radical (unpaired) electrons. The van der Waals surface area contributed by atoms with E-state index in [0.717, 1.165) is 11.6 Å². The minimum atomic E-state index is -4.42. The summed E-state index contributed by atoms with van der Waals surface area (Å²) in [5.41, 5.74) is 0.321. The van der Waals surface area contributed by atoms with Gasteiger partial charge >= 0.3 is 6.18 Å². The van der Waals surface area contributed by atoms with Crippen LogP contribution in [0.4, 0.5) is 13.2 Å². The van der Waals surface area contributed by atoms with Crippen molar-refractivity contribution in [3.8, 4) is 0 Å². The smallest absolute Gasteiger partial charge is 0.258 e. The van der Waals surface area contributed by atoms with Gasteiger partial charge in [-0.15, -0.1) is 23.2 Å². The van der Waals surface area contributed by atoms with Crippen LogP contribution in [0.5, 0.6) is 0 Å². The summed E-state index contributed by atoms with van der Waals surface area (Å²) in [5, 5.41) is 1.19. The second-order valence-corrected chi connectivity index (χ2v) is 6.01. The molecule has 0 aliphatic rings. The molecule has 2 rings (SSSR count). The van der Waals surface area contributed by atoms with Crippen molar-refractivity contribution >= 4 is 58.0 Å². The van der Waals surface area contributed by atoms with Crippen LogP contribution < -0.4 is 0 Å². The summed E-state index contributed by atoms with van der Waals surface area (Å²) in [6.45, 7) is 0. The van der Waals surface area contributed by atoms with Gasteiger partial charge in [-0.3, -0.25) is 4.98 Å². The van der Waals surface area contributed by atoms with Crippen LogP contribution in [0, 0.1) is 0 Å². The molecule has 0 N–H and O–H groups in total. The molecular formula is C14H9Cl5F3N. The van der Waals surface area contributed by atoms with Gasteiger partial charge in [0.05, 0.1) is 22.2 Å². The zero-order valence-corrected chi connectivity index (χ0v) is 15.1. The van der Waals surface area contributed by atoms with Gasteiger partial charge in [0.15, 0.2) is 0 Å². The number of benzene rings is 1. The van der Waals surface area contributed by atoms with Gasteiger partial charge in [-0.2, -0.15) is 13.2 Å². The first-order valence-electron chi connectivity index (χ1n) is 5.96. The first-order valence-corrected chi connectivity index (χ1v) is 8.16. The number of nitrogens with zero attached hydrogens (tertiary/aromatic N) is 1. The van der Waals surface area contributed by atoms with Crippen LogP contribution in [0.25, 0.3) is 0 Å². The normalized spacial score (nSPS) is 11.0. The van der Waals surface area contributed by atoms with Crippen molar-refractivity contribution in [3.63, 3.8) is 0 Å². The first-order chi connectivity index (χ1) is 10.7. The maximum absolute atomic E-state index is 12.1. The lowest BCUT2D eigenvalue weighted by Crippen LogP contribution is -2.06. The van der Waals surface area contributed by atoms with Crippen molar-refractivity contribution in [3.05, 3.63) is 62.4 Å². The highest BCUT2D eigenvalue weighted by atomic mass is 35.5. The fourth-order valence-electron chi connectivity index (χ4n) is 1.41. The number of alkyl halides is 5. The van der Waals surface area contributed by atoms with E-state index in [4.69, 9.17) is 58.0 Å². The molecule has 0 saturated heterocycles. The number of pyridine rings is 1. The third-order valence-corrected chi connectivity index (χ3v) is 3.77. The van der Waals surface area contributed by atoms with Crippen molar-refractivity contribution in [2.45, 2.75) is 17.9 Å². The lowest BCUT2D eigenvalue weighted by Gasteiger charge is -2.07. The Morgan fingerprint density at radius 2 is 1.43 bits per heavy atom. The highest BCUT2D eigenvalue weighted by Gasteiger charge is 2.31. The highest BCUT2D eigenvalue weighted by molar-refractivity contribution is 6.34. The minimum Gasteiger partial charge on any atom is -0.258 e. The van der Waals surface area contributed by atoms with E-state index in [1.165, 1.54) is 0 Å². The summed E-state index contributed by atoms with van der Waals surface area (Å²) in [4.78, 5) is 3.48. The molecule has 0 amide bonds. The summed E-state index contributed by atoms with van der Waals surface area (Å²) in [6.07, 6.45) is -3.70. The zero-order valence-electron chi connectivity index (χ0n) is 11.3. The van der Waals surface area contributed by atoms with Gasteiger partial charge in [0, 0.05) is 22.1 Å². The van der Waals surface area contributed by atoms with E-state index in [2.05, 4.69) is 4.98 Å². The first kappa shape index (κ1) is 20.7. The van der Waals surface area contributed by atoms with Crippen LogP contribution in [-0.2, 0) is 17.9 Å². The Kier molecular flexibility index (Phi) is 8.25. The molecule has 0 saturated carbocycles. The van der Waals surface area contributed by atoms with Crippen LogP contribution in [0.15, 0.2) is 30.5 Å². The Morgan fingerprint density at radius 3 is 1.83 bits per heavy atom. The minimum absolute atomic E-state index is 0.00301. The Morgan fingerprint density at radius 1 is 0.870 bits per heavy atom. The lowest BCUT2D eigenvalue weighted by atomic mass is 10.2. The molecule has 0 unspecified atom stereocenters. The van der Waals surface area contributed by atoms with Gasteiger partial charge in [0.25, 0.3) is 0 Å². The molecule has 0 spiro atoms. The Balaban J connectivity index is 0.000000238. The largest absolute Gasteiger partial charge is 0.417 e. The van der Waals surface area contributed by atoms with E-state index < -0.39 is 11.7 Å². The second kappa shape index (κ2) is 9.19. The summed E-state index contributed by atoms with van der Waals surface area (Å²) in [7, 11) is 0. The topological polar surface area (TPSA) is 12.9 Å². The molecule has 0 bridgehead atoms. The molecular weight excluding hydrogens is 416 g/mol. The molecule has 0 aliphatic carbocycles. The molecule has 1 nitrogen and oxygen atoms in total. The fraction of sp³-hybridized carbons (Fsp3) is 0.214. The van der Waals surface area contributed by atoms with Crippen molar-refractivity contribution in [1.82, 2.24) is 4.98 Å². The molecule has 2 aromatic rings. The number of halogens is 8. The molecule has 9 heteroatoms. The highest BCUT2D eigenvalue weighted by Crippen LogP contribution is 2.31. The fourth-order valence-corrected chi connectivity index (χ4v) is 2.65. The van der Waals surface area contributed by atoms with Crippen LogP contribution in [0.2, 0.25) is 15.1 Å². The monoisotopic (exact) mass is 423 g/mol. The summed E-state index contributed by atoms with van der Waals surface area (Å²) >= 11 is 27.8. The Bertz CT molecular complexity index is 641. The van der Waals surface area contributed by atoms with E-state index in [1.807, 2.05) is 0 Å². The molecule has 23 heavy (non-hydrogen) atoms. The predicted molar refractivity (Wildman–Crippen MR) is 89.8 cm³/mol. The van der Waals surface area contributed by atoms with E-state index in [9.17, 15) is 13.2 Å². The third-order valence-electron chi connectivity index (χ3n) is 2.45. The van der Waals surface area contributed by atoms with Crippen molar-refractivity contribution in [1.29, 1.82) is 0 Å². The van der Waals surface area contributed by atoms with E-state index in [-0.39, 0.29) is 16.6 Å². The van der Waals surface area contributed by atoms with Crippen LogP contribution in [0.3, 0.4) is 0 Å². The van der Waals surface area contributed by atoms with E-state index >= 15 is 0 Å². The van der Waals surface area contributed by atoms with Crippen LogP contribution in [0.1, 0.15) is 16.8 Å². The lowest BCUT2D eigenvalue weighted by molar-refractivity contribution is -0.137. The summed E-state index contributed by atoms with van der Waals surface area (Å²) < 4.78 is 36.2. The van der Waals surface area contributed by atoms with Gasteiger partial charge in [0.2, 0.25) is 0 Å². The van der Waals surface area contributed by atoms with Gasteiger partial charge < -0.3 is 0 Å². The number of hydrogen-bond acceptors (Lipinski definition) is 1. The standard InChI is InChI=1S/C7H5Cl3.C7H4Cl2F3N/c8-4-5-1-6(9)3-7(10)2-5;8-2-6-5(9)1-4(3-13-6)7(10,11)12/h1-3H,4H2;1,3H,2H2. The Labute approximate surface area is 156 Å². The molecule has 126 valence electrons. The Hall–Kier alpha value is -0.390. The van der Waals surface area contributed by atoms with Crippen LogP contribution >= 0.6 is 58.0 Å². The van der Waals surface area contributed by atoms with E-state index in [0.29, 0.717) is 22.1 Å². The number of hydrogen-bond donors (Lipinski definition) is 0. The van der Waals surface area contributed by atoms with Gasteiger partial charge in [0.1, 0.15) is 0 Å². The SMILES string of the molecule is ClCc1cc(Cl)cc(Cl)c1.FC(F)(F)c1cnc(CCl)c(Cl)c1. The summed E-state index contributed by atoms with van der Waals surface area (Å²) in [6, 6.07) is 6.08. The number of aromatic nitrogens is 1. The second-order valence-electron chi connectivity index (χ2n) is 4.20. The van der Waals surface area contributed by atoms with Crippen molar-refractivity contribution in [2.75, 3.05) is 0 Å². The van der Waals surface area contributed by atoms with Gasteiger partial charge in [-0.1, -0.05) is 34.8 Å². The molecule has 1 aromatic heterocycles. The average molecular weight is 425 g/mol. The zero-order chi connectivity index (χ0) is 17.6. The quantitative estimate of drug-likeness (QED) is 0.463. The van der Waals surface area contributed by atoms with Gasteiger partial charge in [-0.05, 0) is 29.8 Å². The van der Waals surface area contributed by atoms with Crippen molar-refractivity contribution in [2.24, 2.45) is 0 Å². The van der Waals surface area contributed by atoms with E-state index in [1.54, 1.807) is 18.2 Å². The molecule has 1 heterocycles. The van der Waals surface area contributed by atoms with Crippen LogP contribution in [-0.4, -0.2) is 4.98 Å². The molecule has 1 aromatic carbocycles. The molecule has 0 atom stereocenters. The summed E-state index contributed by atoms with van der Waals surface area (Å²) in [5.74, 6) is 0.442. The number of rotatable bonds is 2. The molecule has 0 aliphatic heterocycles. The van der Waals surface area contributed by atoms with Crippen molar-refractivity contribution < 1.29 is 13.2 Å². The maximum Gasteiger partial charge on any atom is 0.417 e. The van der Waals surface area contributed by atoms with Gasteiger partial charge in [-0.25, -0.2) is 0 Å². The average Bonchev–Trinajstić information content (AvgIpc) is 2.45.